The van der Waals surface area contributed by atoms with Gasteiger partial charge in [0.15, 0.2) is 0 Å². The molecular weight excluding hydrogens is 196 g/mol. The van der Waals surface area contributed by atoms with Crippen LogP contribution in [0.4, 0.5) is 0 Å². The minimum Gasteiger partial charge on any atom is -0.317 e. The van der Waals surface area contributed by atoms with Gasteiger partial charge in [0.05, 0.1) is 6.07 Å². The third kappa shape index (κ3) is 13.4. The zero-order valence-corrected chi connectivity index (χ0v) is 11.1. The minimum atomic E-state index is 0.705. The van der Waals surface area contributed by atoms with Crippen molar-refractivity contribution in [3.63, 3.8) is 0 Å². The van der Waals surface area contributed by atoms with E-state index < -0.39 is 0 Å². The second-order valence-electron chi connectivity index (χ2n) is 4.96. The Bertz CT molecular complexity index is 170. The fourth-order valence-electron chi connectivity index (χ4n) is 1.74. The number of unbranched alkanes of at least 4 members (excludes halogenated alkanes) is 5. The van der Waals surface area contributed by atoms with Gasteiger partial charge in [-0.25, -0.2) is 0 Å². The van der Waals surface area contributed by atoms with E-state index in [-0.39, 0.29) is 0 Å². The molecule has 0 aromatic carbocycles. The van der Waals surface area contributed by atoms with Gasteiger partial charge in [0.25, 0.3) is 0 Å². The van der Waals surface area contributed by atoms with Crippen molar-refractivity contribution in [2.75, 3.05) is 13.1 Å². The van der Waals surface area contributed by atoms with Crippen molar-refractivity contribution < 1.29 is 0 Å². The fraction of sp³-hybridized carbons (Fsp3) is 0.929. The Balaban J connectivity index is 2.91. The second-order valence-corrected chi connectivity index (χ2v) is 4.96. The fourth-order valence-corrected chi connectivity index (χ4v) is 1.74. The molecule has 0 atom stereocenters. The second kappa shape index (κ2) is 12.5. The maximum Gasteiger partial charge on any atom is 0.0621 e. The van der Waals surface area contributed by atoms with Crippen LogP contribution in [0, 0.1) is 17.2 Å². The summed E-state index contributed by atoms with van der Waals surface area (Å²) in [6, 6.07) is 2.17. The normalized spacial score (nSPS) is 10.6. The van der Waals surface area contributed by atoms with E-state index in [1.165, 1.54) is 32.1 Å². The van der Waals surface area contributed by atoms with Crippen LogP contribution in [0.2, 0.25) is 0 Å². The molecule has 0 amide bonds. The predicted molar refractivity (Wildman–Crippen MR) is 70.3 cm³/mol. The van der Waals surface area contributed by atoms with Gasteiger partial charge in [0.1, 0.15) is 0 Å². The van der Waals surface area contributed by atoms with E-state index in [4.69, 9.17) is 5.26 Å². The Morgan fingerprint density at radius 3 is 2.19 bits per heavy atom. The average Bonchev–Trinajstić information content (AvgIpc) is 2.25. The molecule has 2 heteroatoms. The summed E-state index contributed by atoms with van der Waals surface area (Å²) in [5.74, 6) is 0.859. The van der Waals surface area contributed by atoms with Crippen LogP contribution < -0.4 is 5.32 Å². The molecule has 2 nitrogen and oxygen atoms in total. The highest BCUT2D eigenvalue weighted by atomic mass is 14.8. The quantitative estimate of drug-likeness (QED) is 0.541. The molecule has 0 radical (unpaired) electrons. The van der Waals surface area contributed by atoms with Gasteiger partial charge < -0.3 is 5.32 Å². The summed E-state index contributed by atoms with van der Waals surface area (Å²) in [5.41, 5.74) is 0. The van der Waals surface area contributed by atoms with E-state index in [0.29, 0.717) is 6.42 Å². The van der Waals surface area contributed by atoms with Crippen molar-refractivity contribution in [1.29, 1.82) is 5.26 Å². The molecule has 0 aliphatic heterocycles. The Labute approximate surface area is 101 Å². The van der Waals surface area contributed by atoms with Crippen LogP contribution in [0.15, 0.2) is 0 Å². The van der Waals surface area contributed by atoms with Crippen LogP contribution in [0.3, 0.4) is 0 Å². The van der Waals surface area contributed by atoms with Gasteiger partial charge in [-0.1, -0.05) is 39.5 Å². The number of hydrogen-bond donors (Lipinski definition) is 1. The lowest BCUT2D eigenvalue weighted by atomic mass is 10.0. The number of hydrogen-bond acceptors (Lipinski definition) is 2. The summed E-state index contributed by atoms with van der Waals surface area (Å²) in [4.78, 5) is 0. The van der Waals surface area contributed by atoms with Gasteiger partial charge in [-0.05, 0) is 38.3 Å². The smallest absolute Gasteiger partial charge is 0.0621 e. The molecule has 94 valence electrons. The first-order valence-corrected chi connectivity index (χ1v) is 6.85. The summed E-state index contributed by atoms with van der Waals surface area (Å²) in [6.45, 7) is 6.81. The van der Waals surface area contributed by atoms with Crippen LogP contribution >= 0.6 is 0 Å². The number of nitrogens with zero attached hydrogens (tertiary/aromatic N) is 1. The van der Waals surface area contributed by atoms with E-state index in [1.807, 2.05) is 0 Å². The minimum absolute atomic E-state index is 0.705. The third-order valence-electron chi connectivity index (χ3n) is 2.78. The summed E-state index contributed by atoms with van der Waals surface area (Å²) in [5, 5.41) is 11.8. The first-order valence-electron chi connectivity index (χ1n) is 6.85. The highest BCUT2D eigenvalue weighted by Gasteiger charge is 1.94. The van der Waals surface area contributed by atoms with Crippen LogP contribution in [-0.4, -0.2) is 13.1 Å². The zero-order chi connectivity index (χ0) is 12.1. The molecule has 0 rings (SSSR count). The van der Waals surface area contributed by atoms with Gasteiger partial charge in [-0.2, -0.15) is 5.26 Å². The molecule has 0 saturated heterocycles. The molecule has 0 unspecified atom stereocenters. The largest absolute Gasteiger partial charge is 0.317 e. The maximum absolute atomic E-state index is 8.36. The lowest BCUT2D eigenvalue weighted by Crippen LogP contribution is -2.16. The highest BCUT2D eigenvalue weighted by molar-refractivity contribution is 4.68. The van der Waals surface area contributed by atoms with E-state index >= 15 is 0 Å². The third-order valence-corrected chi connectivity index (χ3v) is 2.78. The van der Waals surface area contributed by atoms with Gasteiger partial charge in [0.2, 0.25) is 0 Å². The molecule has 0 saturated carbocycles. The molecule has 0 spiro atoms. The molecule has 1 N–H and O–H groups in total. The topological polar surface area (TPSA) is 35.8 Å². The van der Waals surface area contributed by atoms with Gasteiger partial charge in [-0.3, -0.25) is 0 Å². The first-order chi connectivity index (χ1) is 7.77. The number of rotatable bonds is 11. The van der Waals surface area contributed by atoms with E-state index in [2.05, 4.69) is 25.2 Å². The summed E-state index contributed by atoms with van der Waals surface area (Å²) in [7, 11) is 0. The van der Waals surface area contributed by atoms with Crippen molar-refractivity contribution in [1.82, 2.24) is 5.32 Å². The van der Waals surface area contributed by atoms with Crippen molar-refractivity contribution in [2.24, 2.45) is 5.92 Å². The van der Waals surface area contributed by atoms with Gasteiger partial charge in [0, 0.05) is 6.42 Å². The predicted octanol–water partition coefficient (Wildman–Crippen LogP) is 3.88. The lowest BCUT2D eigenvalue weighted by Gasteiger charge is -2.05. The molecule has 0 fully saturated rings. The van der Waals surface area contributed by atoms with Crippen LogP contribution in [0.5, 0.6) is 0 Å². The lowest BCUT2D eigenvalue weighted by molar-refractivity contribution is 0.510. The monoisotopic (exact) mass is 224 g/mol. The Hall–Kier alpha value is -0.550. The van der Waals surface area contributed by atoms with Crippen molar-refractivity contribution in [3.8, 4) is 6.07 Å². The van der Waals surface area contributed by atoms with Gasteiger partial charge >= 0.3 is 0 Å². The molecule has 0 aliphatic rings. The zero-order valence-electron chi connectivity index (χ0n) is 11.1. The Kier molecular flexibility index (Phi) is 12.1. The molecule has 0 heterocycles. The highest BCUT2D eigenvalue weighted by Crippen LogP contribution is 2.08. The first kappa shape index (κ1) is 15.4. The Morgan fingerprint density at radius 1 is 0.938 bits per heavy atom. The Morgan fingerprint density at radius 2 is 1.56 bits per heavy atom. The van der Waals surface area contributed by atoms with Crippen LogP contribution in [-0.2, 0) is 0 Å². The van der Waals surface area contributed by atoms with E-state index in [1.54, 1.807) is 0 Å². The standard InChI is InChI=1S/C14H28N2/c1-14(2)10-6-3-4-8-12-16-13-9-5-7-11-15/h14,16H,3-10,12-13H2,1-2H3. The molecule has 0 aliphatic carbocycles. The maximum atomic E-state index is 8.36. The number of nitrogens with one attached hydrogen (secondary N) is 1. The van der Waals surface area contributed by atoms with E-state index in [0.717, 1.165) is 31.8 Å². The molecular formula is C14H28N2. The molecule has 16 heavy (non-hydrogen) atoms. The molecule has 0 aromatic heterocycles. The summed E-state index contributed by atoms with van der Waals surface area (Å²) >= 11 is 0. The van der Waals surface area contributed by atoms with Gasteiger partial charge in [-0.15, -0.1) is 0 Å². The SMILES string of the molecule is CC(C)CCCCCCNCCCCC#N. The van der Waals surface area contributed by atoms with E-state index in [9.17, 15) is 0 Å². The van der Waals surface area contributed by atoms with Crippen molar-refractivity contribution >= 4 is 0 Å². The summed E-state index contributed by atoms with van der Waals surface area (Å²) in [6.07, 6.45) is 9.69. The average molecular weight is 224 g/mol. The molecule has 0 bridgehead atoms. The molecule has 0 aromatic rings. The van der Waals surface area contributed by atoms with Crippen LogP contribution in [0.1, 0.15) is 65.2 Å². The van der Waals surface area contributed by atoms with Crippen molar-refractivity contribution in [3.05, 3.63) is 0 Å². The van der Waals surface area contributed by atoms with Crippen LogP contribution in [0.25, 0.3) is 0 Å². The number of nitriles is 1. The van der Waals surface area contributed by atoms with Crippen molar-refractivity contribution in [2.45, 2.75) is 65.2 Å². The summed E-state index contributed by atoms with van der Waals surface area (Å²) < 4.78 is 0.